The normalized spacial score (nSPS) is 13.8. The molecule has 0 atom stereocenters. The van der Waals surface area contributed by atoms with Crippen LogP contribution in [0.3, 0.4) is 0 Å². The fourth-order valence-electron chi connectivity index (χ4n) is 1.91. The Morgan fingerprint density at radius 3 is 2.68 bits per heavy atom. The Morgan fingerprint density at radius 1 is 1.21 bits per heavy atom. The summed E-state index contributed by atoms with van der Waals surface area (Å²) in [6.07, 6.45) is -4.56. The minimum absolute atomic E-state index is 0.0474. The molecule has 1 aliphatic heterocycles. The highest BCUT2D eigenvalue weighted by Crippen LogP contribution is 2.42. The van der Waals surface area contributed by atoms with Crippen molar-refractivity contribution in [2.75, 3.05) is 12.5 Å². The van der Waals surface area contributed by atoms with Crippen molar-refractivity contribution in [1.29, 1.82) is 0 Å². The number of hydrogen-bond acceptors (Lipinski definition) is 4. The number of aromatic amines is 1. The van der Waals surface area contributed by atoms with Crippen molar-refractivity contribution in [3.05, 3.63) is 23.9 Å². The number of nitrogens with one attached hydrogen (secondary N) is 1. The van der Waals surface area contributed by atoms with Crippen LogP contribution in [0, 0.1) is 0 Å². The Kier molecular flexibility index (Phi) is 2.34. The molecular weight excluding hydrogens is 263 g/mol. The van der Waals surface area contributed by atoms with Crippen molar-refractivity contribution >= 4 is 5.82 Å². The van der Waals surface area contributed by atoms with Crippen molar-refractivity contribution in [3.63, 3.8) is 0 Å². The van der Waals surface area contributed by atoms with Gasteiger partial charge in [0.15, 0.2) is 17.3 Å². The third-order valence-electron chi connectivity index (χ3n) is 2.74. The first-order valence-electron chi connectivity index (χ1n) is 5.28. The topological polar surface area (TPSA) is 73.2 Å². The summed E-state index contributed by atoms with van der Waals surface area (Å²) in [6, 6.07) is 4.45. The molecule has 0 aliphatic carbocycles. The van der Waals surface area contributed by atoms with Gasteiger partial charge in [-0.15, -0.1) is 0 Å². The van der Waals surface area contributed by atoms with E-state index in [0.29, 0.717) is 11.5 Å². The van der Waals surface area contributed by atoms with Gasteiger partial charge in [0.1, 0.15) is 5.69 Å². The molecule has 2 aromatic rings. The number of rotatable bonds is 1. The smallest absolute Gasteiger partial charge is 0.433 e. The van der Waals surface area contributed by atoms with Gasteiger partial charge in [0.2, 0.25) is 6.79 Å². The average Bonchev–Trinajstić information content (AvgIpc) is 2.92. The molecule has 2 heterocycles. The van der Waals surface area contributed by atoms with E-state index >= 15 is 0 Å². The Balaban J connectivity index is 2.15. The summed E-state index contributed by atoms with van der Waals surface area (Å²) in [5, 5.41) is 5.32. The zero-order chi connectivity index (χ0) is 13.6. The molecule has 0 saturated heterocycles. The maximum Gasteiger partial charge on any atom is 0.433 e. The third-order valence-corrected chi connectivity index (χ3v) is 2.74. The van der Waals surface area contributed by atoms with Gasteiger partial charge in [-0.25, -0.2) is 0 Å². The van der Waals surface area contributed by atoms with E-state index in [9.17, 15) is 13.2 Å². The molecule has 19 heavy (non-hydrogen) atoms. The van der Waals surface area contributed by atoms with Crippen LogP contribution in [0.25, 0.3) is 11.1 Å². The number of H-pyrrole nitrogens is 1. The Bertz CT molecular complexity index is 637. The number of aromatic nitrogens is 2. The van der Waals surface area contributed by atoms with Crippen molar-refractivity contribution in [1.82, 2.24) is 10.2 Å². The molecule has 8 heteroatoms. The van der Waals surface area contributed by atoms with Gasteiger partial charge in [-0.05, 0) is 17.7 Å². The van der Waals surface area contributed by atoms with Crippen molar-refractivity contribution < 1.29 is 22.6 Å². The SMILES string of the molecule is Nc1n[nH]c(C(F)(F)F)c1-c1ccc2c(c1)OCO2. The average molecular weight is 271 g/mol. The van der Waals surface area contributed by atoms with Crippen molar-refractivity contribution in [2.45, 2.75) is 6.18 Å². The number of nitrogens with two attached hydrogens (primary N) is 1. The second-order valence-corrected chi connectivity index (χ2v) is 3.92. The fourth-order valence-corrected chi connectivity index (χ4v) is 1.91. The molecule has 0 bridgehead atoms. The number of nitrogens with zero attached hydrogens (tertiary/aromatic N) is 1. The van der Waals surface area contributed by atoms with Gasteiger partial charge >= 0.3 is 6.18 Å². The van der Waals surface area contributed by atoms with E-state index < -0.39 is 11.9 Å². The van der Waals surface area contributed by atoms with E-state index in [-0.39, 0.29) is 23.7 Å². The molecule has 100 valence electrons. The monoisotopic (exact) mass is 271 g/mol. The van der Waals surface area contributed by atoms with Crippen LogP contribution in [0.2, 0.25) is 0 Å². The van der Waals surface area contributed by atoms with Crippen LogP contribution < -0.4 is 15.2 Å². The summed E-state index contributed by atoms with van der Waals surface area (Å²) in [4.78, 5) is 0. The van der Waals surface area contributed by atoms with E-state index in [0.717, 1.165) is 0 Å². The van der Waals surface area contributed by atoms with E-state index in [1.165, 1.54) is 18.2 Å². The lowest BCUT2D eigenvalue weighted by molar-refractivity contribution is -0.140. The highest BCUT2D eigenvalue weighted by atomic mass is 19.4. The fraction of sp³-hybridized carbons (Fsp3) is 0.182. The molecule has 0 fully saturated rings. The second-order valence-electron chi connectivity index (χ2n) is 3.92. The molecular formula is C11H8F3N3O2. The van der Waals surface area contributed by atoms with Crippen LogP contribution in [-0.4, -0.2) is 17.0 Å². The van der Waals surface area contributed by atoms with E-state index in [1.807, 2.05) is 5.10 Å². The highest BCUT2D eigenvalue weighted by molar-refractivity contribution is 5.78. The van der Waals surface area contributed by atoms with Crippen molar-refractivity contribution in [2.24, 2.45) is 0 Å². The minimum Gasteiger partial charge on any atom is -0.454 e. The summed E-state index contributed by atoms with van der Waals surface area (Å²) in [5.74, 6) is 0.650. The molecule has 0 spiro atoms. The summed E-state index contributed by atoms with van der Waals surface area (Å²) in [7, 11) is 0. The molecule has 0 saturated carbocycles. The van der Waals surface area contributed by atoms with Crippen LogP contribution in [0.1, 0.15) is 5.69 Å². The first-order valence-corrected chi connectivity index (χ1v) is 5.28. The number of fused-ring (bicyclic) bond motifs is 1. The third kappa shape index (κ3) is 1.85. The highest BCUT2D eigenvalue weighted by Gasteiger charge is 2.37. The molecule has 3 N–H and O–H groups in total. The molecule has 1 aromatic heterocycles. The largest absolute Gasteiger partial charge is 0.454 e. The van der Waals surface area contributed by atoms with Crippen LogP contribution in [-0.2, 0) is 6.18 Å². The lowest BCUT2D eigenvalue weighted by Crippen LogP contribution is -2.07. The Hall–Kier alpha value is -2.38. The van der Waals surface area contributed by atoms with Gasteiger partial charge in [-0.2, -0.15) is 18.3 Å². The van der Waals surface area contributed by atoms with Crippen LogP contribution in [0.4, 0.5) is 19.0 Å². The van der Waals surface area contributed by atoms with Crippen LogP contribution in [0.5, 0.6) is 11.5 Å². The molecule has 0 radical (unpaired) electrons. The first kappa shape index (κ1) is 11.7. The molecule has 0 amide bonds. The maximum absolute atomic E-state index is 12.8. The molecule has 0 unspecified atom stereocenters. The predicted molar refractivity (Wildman–Crippen MR) is 59.6 cm³/mol. The number of hydrogen-bond donors (Lipinski definition) is 2. The summed E-state index contributed by atoms with van der Waals surface area (Å²) in [6.45, 7) is 0.0474. The van der Waals surface area contributed by atoms with E-state index in [2.05, 4.69) is 5.10 Å². The number of nitrogen functional groups attached to an aromatic ring is 1. The minimum atomic E-state index is -4.56. The zero-order valence-electron chi connectivity index (χ0n) is 9.41. The van der Waals surface area contributed by atoms with Gasteiger partial charge < -0.3 is 15.2 Å². The zero-order valence-corrected chi connectivity index (χ0v) is 9.41. The van der Waals surface area contributed by atoms with Gasteiger partial charge in [0, 0.05) is 0 Å². The molecule has 5 nitrogen and oxygen atoms in total. The maximum atomic E-state index is 12.8. The van der Waals surface area contributed by atoms with Crippen LogP contribution in [0.15, 0.2) is 18.2 Å². The van der Waals surface area contributed by atoms with Gasteiger partial charge in [-0.1, -0.05) is 6.07 Å². The lowest BCUT2D eigenvalue weighted by atomic mass is 10.0. The number of benzene rings is 1. The summed E-state index contributed by atoms with van der Waals surface area (Å²) < 4.78 is 48.7. The number of anilines is 1. The van der Waals surface area contributed by atoms with Gasteiger partial charge in [-0.3, -0.25) is 5.10 Å². The van der Waals surface area contributed by atoms with Gasteiger partial charge in [0.05, 0.1) is 5.56 Å². The van der Waals surface area contributed by atoms with E-state index in [1.54, 1.807) is 0 Å². The lowest BCUT2D eigenvalue weighted by Gasteiger charge is -2.08. The summed E-state index contributed by atoms with van der Waals surface area (Å²) >= 11 is 0. The van der Waals surface area contributed by atoms with Gasteiger partial charge in [0.25, 0.3) is 0 Å². The van der Waals surface area contributed by atoms with E-state index in [4.69, 9.17) is 15.2 Å². The molecule has 1 aromatic carbocycles. The van der Waals surface area contributed by atoms with Crippen LogP contribution >= 0.6 is 0 Å². The number of alkyl halides is 3. The Labute approximate surface area is 105 Å². The Morgan fingerprint density at radius 2 is 1.95 bits per heavy atom. The quantitative estimate of drug-likeness (QED) is 0.835. The van der Waals surface area contributed by atoms with Crippen molar-refractivity contribution in [3.8, 4) is 22.6 Å². The predicted octanol–water partition coefficient (Wildman–Crippen LogP) is 2.41. The first-order chi connectivity index (χ1) is 8.97. The second kappa shape index (κ2) is 3.81. The standard InChI is InChI=1S/C11H8F3N3O2/c12-11(13,14)9-8(10(15)17-16-9)5-1-2-6-7(3-5)19-4-18-6/h1-3H,4H2,(H3,15,16,17). The summed E-state index contributed by atoms with van der Waals surface area (Å²) in [5.41, 5.74) is 4.60. The number of ether oxygens (including phenoxy) is 2. The number of halogens is 3. The molecule has 1 aliphatic rings. The molecule has 3 rings (SSSR count).